The maximum absolute atomic E-state index is 5.38. The van der Waals surface area contributed by atoms with Crippen molar-refractivity contribution < 1.29 is 4.42 Å². The average molecular weight is 221 g/mol. The van der Waals surface area contributed by atoms with Crippen molar-refractivity contribution in [3.63, 3.8) is 0 Å². The Labute approximate surface area is 98.4 Å². The van der Waals surface area contributed by atoms with Gasteiger partial charge in [-0.1, -0.05) is 19.8 Å². The molecular weight excluding hydrogens is 198 g/mol. The van der Waals surface area contributed by atoms with E-state index >= 15 is 0 Å². The summed E-state index contributed by atoms with van der Waals surface area (Å²) in [6.45, 7) is 4.56. The van der Waals surface area contributed by atoms with Crippen molar-refractivity contribution in [2.75, 3.05) is 0 Å². The quantitative estimate of drug-likeness (QED) is 0.824. The standard InChI is InChI=1S/C14H23NO/c1-3-12-6-4-8-14(12)15-11(2)10-13-7-5-9-16-13/h5,7,9,11-12,14-15H,3-4,6,8,10H2,1-2H3. The molecule has 90 valence electrons. The number of rotatable bonds is 5. The van der Waals surface area contributed by atoms with Gasteiger partial charge >= 0.3 is 0 Å². The SMILES string of the molecule is CCC1CCCC1NC(C)Cc1ccco1. The van der Waals surface area contributed by atoms with E-state index in [9.17, 15) is 0 Å². The van der Waals surface area contributed by atoms with Gasteiger partial charge < -0.3 is 9.73 Å². The summed E-state index contributed by atoms with van der Waals surface area (Å²) in [5.41, 5.74) is 0. The predicted molar refractivity (Wildman–Crippen MR) is 66.4 cm³/mol. The Morgan fingerprint density at radius 2 is 2.38 bits per heavy atom. The molecule has 1 aromatic rings. The first-order chi connectivity index (χ1) is 7.79. The van der Waals surface area contributed by atoms with Crippen molar-refractivity contribution in [2.45, 2.75) is 58.0 Å². The molecule has 1 aliphatic rings. The van der Waals surface area contributed by atoms with Crippen LogP contribution in [0.15, 0.2) is 22.8 Å². The molecule has 0 radical (unpaired) electrons. The van der Waals surface area contributed by atoms with Crippen LogP contribution in [-0.2, 0) is 6.42 Å². The highest BCUT2D eigenvalue weighted by molar-refractivity contribution is 5.00. The van der Waals surface area contributed by atoms with Crippen molar-refractivity contribution in [2.24, 2.45) is 5.92 Å². The van der Waals surface area contributed by atoms with Crippen LogP contribution >= 0.6 is 0 Å². The normalized spacial score (nSPS) is 27.1. The maximum Gasteiger partial charge on any atom is 0.105 e. The van der Waals surface area contributed by atoms with Crippen molar-refractivity contribution in [1.82, 2.24) is 5.32 Å². The van der Waals surface area contributed by atoms with Crippen molar-refractivity contribution in [3.05, 3.63) is 24.2 Å². The van der Waals surface area contributed by atoms with E-state index in [0.717, 1.165) is 24.1 Å². The summed E-state index contributed by atoms with van der Waals surface area (Å²) >= 11 is 0. The van der Waals surface area contributed by atoms with Crippen LogP contribution in [0.3, 0.4) is 0 Å². The molecule has 0 aromatic carbocycles. The van der Waals surface area contributed by atoms with Crippen LogP contribution in [-0.4, -0.2) is 12.1 Å². The molecule has 0 bridgehead atoms. The fourth-order valence-corrected chi connectivity index (χ4v) is 2.90. The smallest absolute Gasteiger partial charge is 0.105 e. The average Bonchev–Trinajstić information content (AvgIpc) is 2.88. The van der Waals surface area contributed by atoms with E-state index < -0.39 is 0 Å². The van der Waals surface area contributed by atoms with E-state index in [2.05, 4.69) is 25.2 Å². The Bertz CT molecular complexity index is 294. The number of nitrogens with one attached hydrogen (secondary N) is 1. The minimum Gasteiger partial charge on any atom is -0.469 e. The molecule has 2 heteroatoms. The first kappa shape index (κ1) is 11.7. The van der Waals surface area contributed by atoms with Gasteiger partial charge in [0.1, 0.15) is 5.76 Å². The second kappa shape index (κ2) is 5.53. The van der Waals surface area contributed by atoms with E-state index in [1.54, 1.807) is 6.26 Å². The zero-order chi connectivity index (χ0) is 11.4. The molecule has 1 aromatic heterocycles. The fourth-order valence-electron chi connectivity index (χ4n) is 2.90. The van der Waals surface area contributed by atoms with Crippen molar-refractivity contribution in [1.29, 1.82) is 0 Å². The summed E-state index contributed by atoms with van der Waals surface area (Å²) in [5.74, 6) is 1.98. The van der Waals surface area contributed by atoms with Crippen LogP contribution in [0.5, 0.6) is 0 Å². The number of hydrogen-bond acceptors (Lipinski definition) is 2. The third-order valence-corrected chi connectivity index (χ3v) is 3.77. The monoisotopic (exact) mass is 221 g/mol. The van der Waals surface area contributed by atoms with Gasteiger partial charge in [0, 0.05) is 18.5 Å². The molecule has 0 aliphatic heterocycles. The van der Waals surface area contributed by atoms with Gasteiger partial charge in [0.25, 0.3) is 0 Å². The minimum absolute atomic E-state index is 0.517. The summed E-state index contributed by atoms with van der Waals surface area (Å²) in [5, 5.41) is 3.76. The minimum atomic E-state index is 0.517. The Morgan fingerprint density at radius 1 is 1.50 bits per heavy atom. The Morgan fingerprint density at radius 3 is 3.06 bits per heavy atom. The van der Waals surface area contributed by atoms with Crippen LogP contribution in [0.1, 0.15) is 45.3 Å². The molecule has 1 N–H and O–H groups in total. The van der Waals surface area contributed by atoms with Crippen molar-refractivity contribution in [3.8, 4) is 0 Å². The highest BCUT2D eigenvalue weighted by atomic mass is 16.3. The highest BCUT2D eigenvalue weighted by Gasteiger charge is 2.26. The lowest BCUT2D eigenvalue weighted by Crippen LogP contribution is -2.39. The molecule has 1 fully saturated rings. The van der Waals surface area contributed by atoms with E-state index in [1.807, 2.05) is 6.07 Å². The first-order valence-electron chi connectivity index (χ1n) is 6.58. The molecule has 0 amide bonds. The van der Waals surface area contributed by atoms with E-state index in [1.165, 1.54) is 25.7 Å². The molecule has 3 unspecified atom stereocenters. The third-order valence-electron chi connectivity index (χ3n) is 3.77. The lowest BCUT2D eigenvalue weighted by molar-refractivity contribution is 0.345. The molecule has 0 spiro atoms. The lowest BCUT2D eigenvalue weighted by atomic mass is 9.99. The summed E-state index contributed by atoms with van der Waals surface area (Å²) < 4.78 is 5.38. The van der Waals surface area contributed by atoms with E-state index in [-0.39, 0.29) is 0 Å². The summed E-state index contributed by atoms with van der Waals surface area (Å²) in [6, 6.07) is 5.27. The second-order valence-corrected chi connectivity index (χ2v) is 5.06. The molecule has 1 aliphatic carbocycles. The molecule has 1 saturated carbocycles. The molecule has 2 nitrogen and oxygen atoms in total. The van der Waals surface area contributed by atoms with Crippen LogP contribution < -0.4 is 5.32 Å². The van der Waals surface area contributed by atoms with Gasteiger partial charge in [-0.05, 0) is 37.8 Å². The zero-order valence-corrected chi connectivity index (χ0v) is 10.4. The first-order valence-corrected chi connectivity index (χ1v) is 6.58. The highest BCUT2D eigenvalue weighted by Crippen LogP contribution is 2.28. The van der Waals surface area contributed by atoms with Gasteiger partial charge in [0.2, 0.25) is 0 Å². The van der Waals surface area contributed by atoms with Crippen LogP contribution in [0.2, 0.25) is 0 Å². The molecule has 3 atom stereocenters. The lowest BCUT2D eigenvalue weighted by Gasteiger charge is -2.23. The Kier molecular flexibility index (Phi) is 4.05. The van der Waals surface area contributed by atoms with Crippen LogP contribution in [0.25, 0.3) is 0 Å². The van der Waals surface area contributed by atoms with Gasteiger partial charge in [0.15, 0.2) is 0 Å². The van der Waals surface area contributed by atoms with E-state index in [0.29, 0.717) is 6.04 Å². The Hall–Kier alpha value is -0.760. The maximum atomic E-state index is 5.38. The third kappa shape index (κ3) is 2.88. The van der Waals surface area contributed by atoms with Gasteiger partial charge in [-0.25, -0.2) is 0 Å². The largest absolute Gasteiger partial charge is 0.469 e. The number of furan rings is 1. The Balaban J connectivity index is 1.80. The predicted octanol–water partition coefficient (Wildman–Crippen LogP) is 3.38. The molecule has 2 rings (SSSR count). The number of hydrogen-bond donors (Lipinski definition) is 1. The van der Waals surface area contributed by atoms with Gasteiger partial charge in [-0.2, -0.15) is 0 Å². The van der Waals surface area contributed by atoms with Crippen LogP contribution in [0, 0.1) is 5.92 Å². The molecular formula is C14H23NO. The topological polar surface area (TPSA) is 25.2 Å². The van der Waals surface area contributed by atoms with E-state index in [4.69, 9.17) is 4.42 Å². The van der Waals surface area contributed by atoms with Crippen molar-refractivity contribution >= 4 is 0 Å². The molecule has 1 heterocycles. The summed E-state index contributed by atoms with van der Waals surface area (Å²) in [6.07, 6.45) is 8.21. The van der Waals surface area contributed by atoms with Gasteiger partial charge in [0.05, 0.1) is 6.26 Å². The fraction of sp³-hybridized carbons (Fsp3) is 0.714. The molecule has 0 saturated heterocycles. The zero-order valence-electron chi connectivity index (χ0n) is 10.4. The van der Waals surface area contributed by atoms with Gasteiger partial charge in [-0.3, -0.25) is 0 Å². The van der Waals surface area contributed by atoms with Crippen LogP contribution in [0.4, 0.5) is 0 Å². The molecule has 16 heavy (non-hydrogen) atoms. The van der Waals surface area contributed by atoms with Gasteiger partial charge in [-0.15, -0.1) is 0 Å². The summed E-state index contributed by atoms with van der Waals surface area (Å²) in [7, 11) is 0. The summed E-state index contributed by atoms with van der Waals surface area (Å²) in [4.78, 5) is 0. The second-order valence-electron chi connectivity index (χ2n) is 5.06.